The standard InChI is InChI=1S/C14H25N3O3/c1-14(12(18)19)5-9-17(10-6-14)13(20)16-8-2-7-15-11-3-4-11/h11,15H,2-10H2,1H3,(H,16,20)(H,18,19). The van der Waals surface area contributed by atoms with E-state index >= 15 is 0 Å². The molecule has 0 unspecified atom stereocenters. The molecule has 0 atom stereocenters. The minimum atomic E-state index is -0.760. The molecular weight excluding hydrogens is 258 g/mol. The highest BCUT2D eigenvalue weighted by Gasteiger charge is 2.37. The number of urea groups is 1. The van der Waals surface area contributed by atoms with E-state index in [-0.39, 0.29) is 6.03 Å². The minimum absolute atomic E-state index is 0.0659. The van der Waals surface area contributed by atoms with Crippen molar-refractivity contribution in [2.45, 2.75) is 45.1 Å². The van der Waals surface area contributed by atoms with E-state index in [4.69, 9.17) is 5.11 Å². The molecule has 0 radical (unpaired) electrons. The third-order valence-electron chi connectivity index (χ3n) is 4.31. The van der Waals surface area contributed by atoms with Gasteiger partial charge in [-0.2, -0.15) is 0 Å². The molecule has 0 aromatic heterocycles. The van der Waals surface area contributed by atoms with Gasteiger partial charge in [0.15, 0.2) is 0 Å². The summed E-state index contributed by atoms with van der Waals surface area (Å²) >= 11 is 0. The van der Waals surface area contributed by atoms with Crippen LogP contribution in [0.2, 0.25) is 0 Å². The number of carboxylic acids is 1. The van der Waals surface area contributed by atoms with Gasteiger partial charge in [-0.3, -0.25) is 4.79 Å². The number of hydrogen-bond donors (Lipinski definition) is 3. The van der Waals surface area contributed by atoms with Crippen LogP contribution < -0.4 is 10.6 Å². The van der Waals surface area contributed by atoms with Crippen LogP contribution in [0.4, 0.5) is 4.79 Å². The number of hydrogen-bond acceptors (Lipinski definition) is 3. The highest BCUT2D eigenvalue weighted by Crippen LogP contribution is 2.30. The lowest BCUT2D eigenvalue weighted by Gasteiger charge is -2.36. The average molecular weight is 283 g/mol. The molecule has 0 aromatic rings. The van der Waals surface area contributed by atoms with Crippen molar-refractivity contribution in [2.24, 2.45) is 5.41 Å². The highest BCUT2D eigenvalue weighted by atomic mass is 16.4. The monoisotopic (exact) mass is 283 g/mol. The van der Waals surface area contributed by atoms with Crippen LogP contribution in [0.5, 0.6) is 0 Å². The van der Waals surface area contributed by atoms with E-state index in [0.717, 1.165) is 13.0 Å². The van der Waals surface area contributed by atoms with Crippen LogP contribution in [0.25, 0.3) is 0 Å². The van der Waals surface area contributed by atoms with Gasteiger partial charge in [0.05, 0.1) is 5.41 Å². The van der Waals surface area contributed by atoms with Crippen LogP contribution in [0.15, 0.2) is 0 Å². The van der Waals surface area contributed by atoms with Crippen molar-refractivity contribution in [1.82, 2.24) is 15.5 Å². The summed E-state index contributed by atoms with van der Waals surface area (Å²) in [6.45, 7) is 4.42. The number of likely N-dealkylation sites (tertiary alicyclic amines) is 1. The fourth-order valence-corrected chi connectivity index (χ4v) is 2.41. The van der Waals surface area contributed by atoms with Crippen LogP contribution in [0.1, 0.15) is 39.0 Å². The molecule has 6 heteroatoms. The van der Waals surface area contributed by atoms with E-state index in [1.807, 2.05) is 0 Å². The SMILES string of the molecule is CC1(C(=O)O)CCN(C(=O)NCCCNC2CC2)CC1. The summed E-state index contributed by atoms with van der Waals surface area (Å²) in [4.78, 5) is 24.8. The quantitative estimate of drug-likeness (QED) is 0.636. The number of nitrogens with zero attached hydrogens (tertiary/aromatic N) is 1. The Balaban J connectivity index is 1.60. The van der Waals surface area contributed by atoms with E-state index in [9.17, 15) is 9.59 Å². The number of piperidine rings is 1. The van der Waals surface area contributed by atoms with Gasteiger partial charge in [-0.25, -0.2) is 4.79 Å². The molecule has 0 bridgehead atoms. The highest BCUT2D eigenvalue weighted by molar-refractivity contribution is 5.76. The van der Waals surface area contributed by atoms with Crippen molar-refractivity contribution >= 4 is 12.0 Å². The summed E-state index contributed by atoms with van der Waals surface area (Å²) in [5.74, 6) is -0.760. The molecule has 2 fully saturated rings. The Bertz CT molecular complexity index is 361. The zero-order valence-corrected chi connectivity index (χ0v) is 12.2. The Morgan fingerprint density at radius 1 is 1.25 bits per heavy atom. The number of carboxylic acid groups (broad SMARTS) is 1. The van der Waals surface area contributed by atoms with Crippen LogP contribution in [0, 0.1) is 5.41 Å². The average Bonchev–Trinajstić information content (AvgIpc) is 3.23. The number of carbonyl (C=O) groups excluding carboxylic acids is 1. The molecule has 3 N–H and O–H groups in total. The van der Waals surface area contributed by atoms with Crippen LogP contribution in [-0.4, -0.2) is 54.2 Å². The Morgan fingerprint density at radius 2 is 1.90 bits per heavy atom. The molecule has 0 aromatic carbocycles. The summed E-state index contributed by atoms with van der Waals surface area (Å²) in [6.07, 6.45) is 4.55. The number of aliphatic carboxylic acids is 1. The molecule has 2 aliphatic rings. The van der Waals surface area contributed by atoms with E-state index < -0.39 is 11.4 Å². The van der Waals surface area contributed by atoms with Crippen molar-refractivity contribution < 1.29 is 14.7 Å². The zero-order chi connectivity index (χ0) is 14.6. The first-order valence-electron chi connectivity index (χ1n) is 7.51. The minimum Gasteiger partial charge on any atom is -0.481 e. The lowest BCUT2D eigenvalue weighted by Crippen LogP contribution is -2.49. The summed E-state index contributed by atoms with van der Waals surface area (Å²) in [7, 11) is 0. The van der Waals surface area contributed by atoms with E-state index in [1.165, 1.54) is 12.8 Å². The fraction of sp³-hybridized carbons (Fsp3) is 0.857. The maximum absolute atomic E-state index is 11.9. The number of amides is 2. The predicted octanol–water partition coefficient (Wildman–Crippen LogP) is 1.02. The van der Waals surface area contributed by atoms with Gasteiger partial charge < -0.3 is 20.6 Å². The first kappa shape index (κ1) is 15.1. The number of nitrogens with one attached hydrogen (secondary N) is 2. The lowest BCUT2D eigenvalue weighted by molar-refractivity contribution is -0.150. The van der Waals surface area contributed by atoms with Crippen molar-refractivity contribution in [3.63, 3.8) is 0 Å². The van der Waals surface area contributed by atoms with Crippen LogP contribution in [0.3, 0.4) is 0 Å². The Kier molecular flexibility index (Phi) is 4.86. The second kappa shape index (κ2) is 6.43. The molecule has 2 rings (SSSR count). The summed E-state index contributed by atoms with van der Waals surface area (Å²) < 4.78 is 0. The number of carbonyl (C=O) groups is 2. The first-order valence-corrected chi connectivity index (χ1v) is 7.51. The Labute approximate surface area is 119 Å². The van der Waals surface area contributed by atoms with Crippen molar-refractivity contribution in [3.8, 4) is 0 Å². The number of rotatable bonds is 6. The van der Waals surface area contributed by atoms with Gasteiger partial charge in [-0.15, -0.1) is 0 Å². The molecule has 6 nitrogen and oxygen atoms in total. The molecule has 0 spiro atoms. The third kappa shape index (κ3) is 4.10. The molecule has 114 valence electrons. The van der Waals surface area contributed by atoms with Gasteiger partial charge in [-0.1, -0.05) is 0 Å². The smallest absolute Gasteiger partial charge is 0.317 e. The van der Waals surface area contributed by atoms with Crippen molar-refractivity contribution in [1.29, 1.82) is 0 Å². The van der Waals surface area contributed by atoms with Crippen LogP contribution in [-0.2, 0) is 4.79 Å². The van der Waals surface area contributed by atoms with E-state index in [0.29, 0.717) is 38.5 Å². The first-order chi connectivity index (χ1) is 9.51. The summed E-state index contributed by atoms with van der Waals surface area (Å²) in [5, 5.41) is 15.5. The van der Waals surface area contributed by atoms with Gasteiger partial charge in [0.1, 0.15) is 0 Å². The Morgan fingerprint density at radius 3 is 2.45 bits per heavy atom. The maximum Gasteiger partial charge on any atom is 0.317 e. The second-order valence-corrected chi connectivity index (χ2v) is 6.17. The topological polar surface area (TPSA) is 81.7 Å². The fourth-order valence-electron chi connectivity index (χ4n) is 2.41. The molecule has 1 heterocycles. The molecule has 1 saturated heterocycles. The van der Waals surface area contributed by atoms with Crippen molar-refractivity contribution in [2.75, 3.05) is 26.2 Å². The summed E-state index contributed by atoms with van der Waals surface area (Å²) in [6, 6.07) is 0.644. The normalized spacial score (nSPS) is 21.6. The lowest BCUT2D eigenvalue weighted by atomic mass is 9.80. The van der Waals surface area contributed by atoms with Crippen molar-refractivity contribution in [3.05, 3.63) is 0 Å². The molecule has 1 aliphatic carbocycles. The van der Waals surface area contributed by atoms with Gasteiger partial charge in [0.2, 0.25) is 0 Å². The molecule has 1 saturated carbocycles. The van der Waals surface area contributed by atoms with Gasteiger partial charge in [0.25, 0.3) is 0 Å². The van der Waals surface area contributed by atoms with E-state index in [1.54, 1.807) is 11.8 Å². The summed E-state index contributed by atoms with van der Waals surface area (Å²) in [5.41, 5.74) is -0.676. The van der Waals surface area contributed by atoms with Gasteiger partial charge in [-0.05, 0) is 45.6 Å². The maximum atomic E-state index is 11.9. The molecular formula is C14H25N3O3. The third-order valence-corrected chi connectivity index (χ3v) is 4.31. The second-order valence-electron chi connectivity index (χ2n) is 6.17. The predicted molar refractivity (Wildman–Crippen MR) is 75.6 cm³/mol. The molecule has 2 amide bonds. The zero-order valence-electron chi connectivity index (χ0n) is 12.2. The molecule has 1 aliphatic heterocycles. The van der Waals surface area contributed by atoms with E-state index in [2.05, 4.69) is 10.6 Å². The largest absolute Gasteiger partial charge is 0.481 e. The molecule has 20 heavy (non-hydrogen) atoms. The van der Waals surface area contributed by atoms with Gasteiger partial charge >= 0.3 is 12.0 Å². The van der Waals surface area contributed by atoms with Gasteiger partial charge in [0, 0.05) is 25.7 Å². The van der Waals surface area contributed by atoms with Crippen LogP contribution >= 0.6 is 0 Å². The Hall–Kier alpha value is -1.30.